The number of anilines is 2. The maximum absolute atomic E-state index is 13.7. The van der Waals surface area contributed by atoms with Gasteiger partial charge in [0.25, 0.3) is 0 Å². The Hall–Kier alpha value is -3.18. The third-order valence-electron chi connectivity index (χ3n) is 5.47. The third-order valence-corrected chi connectivity index (χ3v) is 5.47. The van der Waals surface area contributed by atoms with Crippen LogP contribution in [-0.2, 0) is 4.79 Å². The van der Waals surface area contributed by atoms with Crippen LogP contribution in [0.4, 0.5) is 11.5 Å². The predicted molar refractivity (Wildman–Crippen MR) is 117 cm³/mol. The van der Waals surface area contributed by atoms with Gasteiger partial charge in [-0.3, -0.25) is 4.79 Å². The molecular weight excluding hydrogens is 360 g/mol. The fourth-order valence-corrected chi connectivity index (χ4v) is 4.11. The van der Waals surface area contributed by atoms with Crippen molar-refractivity contribution in [1.82, 2.24) is 9.88 Å². The minimum Gasteiger partial charge on any atom is -0.384 e. The molecule has 3 aromatic rings. The first-order valence-electron chi connectivity index (χ1n) is 9.88. The number of nitrogens with zero attached hydrogens (tertiary/aromatic N) is 3. The van der Waals surface area contributed by atoms with Crippen LogP contribution >= 0.6 is 0 Å². The minimum absolute atomic E-state index is 0.117. The molecule has 2 atom stereocenters. The number of benzene rings is 2. The molecule has 1 aliphatic rings. The van der Waals surface area contributed by atoms with E-state index in [0.717, 1.165) is 29.1 Å². The van der Waals surface area contributed by atoms with E-state index in [1.807, 2.05) is 67.5 Å². The molecule has 1 aromatic heterocycles. The second-order valence-electron chi connectivity index (χ2n) is 7.71. The van der Waals surface area contributed by atoms with Crippen LogP contribution in [0, 0.1) is 0 Å². The topological polar surface area (TPSA) is 62.5 Å². The molecule has 0 bridgehead atoms. The van der Waals surface area contributed by atoms with Gasteiger partial charge in [-0.25, -0.2) is 4.98 Å². The summed E-state index contributed by atoms with van der Waals surface area (Å²) in [5, 5.41) is 0. The van der Waals surface area contributed by atoms with Crippen molar-refractivity contribution in [2.24, 2.45) is 0 Å². The van der Waals surface area contributed by atoms with E-state index in [4.69, 9.17) is 5.73 Å². The summed E-state index contributed by atoms with van der Waals surface area (Å²) in [5.74, 6) is 0.0560. The second kappa shape index (κ2) is 8.05. The van der Waals surface area contributed by atoms with Crippen molar-refractivity contribution >= 4 is 17.4 Å². The van der Waals surface area contributed by atoms with Crippen molar-refractivity contribution in [2.45, 2.75) is 11.8 Å². The van der Waals surface area contributed by atoms with Crippen LogP contribution in [-0.4, -0.2) is 43.0 Å². The van der Waals surface area contributed by atoms with Crippen LogP contribution in [0.1, 0.15) is 28.7 Å². The Morgan fingerprint density at radius 1 is 1.00 bits per heavy atom. The molecule has 0 saturated carbocycles. The van der Waals surface area contributed by atoms with Crippen LogP contribution in [0.25, 0.3) is 0 Å². The van der Waals surface area contributed by atoms with Crippen molar-refractivity contribution in [2.75, 3.05) is 37.8 Å². The number of para-hydroxylation sites is 1. The fourth-order valence-electron chi connectivity index (χ4n) is 4.11. The van der Waals surface area contributed by atoms with E-state index in [9.17, 15) is 4.79 Å². The van der Waals surface area contributed by atoms with Crippen LogP contribution in [0.3, 0.4) is 0 Å². The van der Waals surface area contributed by atoms with Gasteiger partial charge in [-0.05, 0) is 43.4 Å². The first-order valence-corrected chi connectivity index (χ1v) is 9.88. The first-order chi connectivity index (χ1) is 14.1. The summed E-state index contributed by atoms with van der Waals surface area (Å²) < 4.78 is 0. The highest BCUT2D eigenvalue weighted by molar-refractivity contribution is 6.06. The molecule has 0 saturated heterocycles. The van der Waals surface area contributed by atoms with Crippen molar-refractivity contribution in [3.63, 3.8) is 0 Å². The number of pyridine rings is 1. The largest absolute Gasteiger partial charge is 0.384 e. The Balaban J connectivity index is 1.83. The van der Waals surface area contributed by atoms with Crippen LogP contribution in [0.5, 0.6) is 0 Å². The molecule has 4 rings (SSSR count). The number of carbonyl (C=O) groups is 1. The molecule has 148 valence electrons. The van der Waals surface area contributed by atoms with Gasteiger partial charge in [0.1, 0.15) is 5.82 Å². The molecule has 0 fully saturated rings. The summed E-state index contributed by atoms with van der Waals surface area (Å²) >= 11 is 0. The summed E-state index contributed by atoms with van der Waals surface area (Å²) in [7, 11) is 4.04. The van der Waals surface area contributed by atoms with Crippen molar-refractivity contribution in [3.05, 3.63) is 89.6 Å². The SMILES string of the molecule is CN(C)CCN1C(=O)C(C(c2ccccc2)c2cccc(N)n2)c2ccccc21. The Labute approximate surface area is 171 Å². The number of hydrogen-bond acceptors (Lipinski definition) is 4. The lowest BCUT2D eigenvalue weighted by atomic mass is 9.80. The summed E-state index contributed by atoms with van der Waals surface area (Å²) in [5.41, 5.74) is 9.93. The second-order valence-corrected chi connectivity index (χ2v) is 7.71. The van der Waals surface area contributed by atoms with Gasteiger partial charge in [-0.15, -0.1) is 0 Å². The highest BCUT2D eigenvalue weighted by Crippen LogP contribution is 2.47. The molecule has 2 unspecified atom stereocenters. The predicted octanol–water partition coefficient (Wildman–Crippen LogP) is 3.49. The highest BCUT2D eigenvalue weighted by Gasteiger charge is 2.43. The Morgan fingerprint density at radius 2 is 1.72 bits per heavy atom. The third kappa shape index (κ3) is 3.74. The average molecular weight is 386 g/mol. The molecule has 2 N–H and O–H groups in total. The molecule has 0 spiro atoms. The molecule has 1 amide bonds. The van der Waals surface area contributed by atoms with E-state index in [1.165, 1.54) is 0 Å². The molecule has 2 aromatic carbocycles. The summed E-state index contributed by atoms with van der Waals surface area (Å²) in [6.45, 7) is 1.46. The number of amides is 1. The van der Waals surface area contributed by atoms with E-state index in [0.29, 0.717) is 12.4 Å². The fraction of sp³-hybridized carbons (Fsp3) is 0.250. The standard InChI is InChI=1S/C24H26N4O/c1-27(2)15-16-28-20-13-7-6-11-18(20)23(24(28)29)22(17-9-4-3-5-10-17)19-12-8-14-21(25)26-19/h3-14,22-23H,15-16H2,1-2H3,(H2,25,26). The van der Waals surface area contributed by atoms with Crippen LogP contribution < -0.4 is 10.6 Å². The summed E-state index contributed by atoms with van der Waals surface area (Å²) in [6, 6.07) is 23.9. The number of carbonyl (C=O) groups excluding carboxylic acids is 1. The van der Waals surface area contributed by atoms with Gasteiger partial charge < -0.3 is 15.5 Å². The zero-order valence-electron chi connectivity index (χ0n) is 16.8. The van der Waals surface area contributed by atoms with Gasteiger partial charge in [0.15, 0.2) is 0 Å². The smallest absolute Gasteiger partial charge is 0.235 e. The molecule has 2 heterocycles. The molecule has 5 nitrogen and oxygen atoms in total. The van der Waals surface area contributed by atoms with Gasteiger partial charge in [0, 0.05) is 24.7 Å². The van der Waals surface area contributed by atoms with Crippen molar-refractivity contribution in [1.29, 1.82) is 0 Å². The van der Waals surface area contributed by atoms with E-state index >= 15 is 0 Å². The van der Waals surface area contributed by atoms with E-state index in [2.05, 4.69) is 28.1 Å². The van der Waals surface area contributed by atoms with Gasteiger partial charge >= 0.3 is 0 Å². The zero-order valence-corrected chi connectivity index (χ0v) is 16.8. The molecule has 0 aliphatic carbocycles. The van der Waals surface area contributed by atoms with Crippen molar-refractivity contribution in [3.8, 4) is 0 Å². The molecule has 29 heavy (non-hydrogen) atoms. The molecular formula is C24H26N4O. The minimum atomic E-state index is -0.329. The summed E-state index contributed by atoms with van der Waals surface area (Å²) in [6.07, 6.45) is 0. The lowest BCUT2D eigenvalue weighted by Crippen LogP contribution is -2.36. The normalized spacial score (nSPS) is 16.9. The maximum atomic E-state index is 13.7. The van der Waals surface area contributed by atoms with Gasteiger partial charge in [-0.1, -0.05) is 54.6 Å². The Morgan fingerprint density at radius 3 is 2.45 bits per heavy atom. The number of aromatic nitrogens is 1. The first kappa shape index (κ1) is 19.2. The van der Waals surface area contributed by atoms with E-state index < -0.39 is 0 Å². The molecule has 5 heteroatoms. The number of fused-ring (bicyclic) bond motifs is 1. The Kier molecular flexibility index (Phi) is 5.32. The summed E-state index contributed by atoms with van der Waals surface area (Å²) in [4.78, 5) is 22.3. The van der Waals surface area contributed by atoms with Crippen LogP contribution in [0.2, 0.25) is 0 Å². The van der Waals surface area contributed by atoms with E-state index in [1.54, 1.807) is 6.07 Å². The zero-order chi connectivity index (χ0) is 20.4. The lowest BCUT2D eigenvalue weighted by Gasteiger charge is -2.25. The molecule has 0 radical (unpaired) electrons. The van der Waals surface area contributed by atoms with Gasteiger partial charge in [0.05, 0.1) is 11.6 Å². The number of likely N-dealkylation sites (N-methyl/N-ethyl adjacent to an activating group) is 1. The average Bonchev–Trinajstić information content (AvgIpc) is 2.99. The van der Waals surface area contributed by atoms with E-state index in [-0.39, 0.29) is 17.7 Å². The number of nitrogen functional groups attached to an aromatic ring is 1. The molecule has 1 aliphatic heterocycles. The number of nitrogens with two attached hydrogens (primary N) is 1. The monoisotopic (exact) mass is 386 g/mol. The van der Waals surface area contributed by atoms with Crippen LogP contribution in [0.15, 0.2) is 72.8 Å². The Bertz CT molecular complexity index is 1000. The number of rotatable bonds is 6. The number of hydrogen-bond donors (Lipinski definition) is 1. The highest BCUT2D eigenvalue weighted by atomic mass is 16.2. The maximum Gasteiger partial charge on any atom is 0.235 e. The van der Waals surface area contributed by atoms with Gasteiger partial charge in [0.2, 0.25) is 5.91 Å². The lowest BCUT2D eigenvalue weighted by molar-refractivity contribution is -0.119. The van der Waals surface area contributed by atoms with Gasteiger partial charge in [-0.2, -0.15) is 0 Å². The van der Waals surface area contributed by atoms with Crippen molar-refractivity contribution < 1.29 is 4.79 Å². The quantitative estimate of drug-likeness (QED) is 0.704.